The zero-order valence-electron chi connectivity index (χ0n) is 17.8. The molecule has 0 saturated heterocycles. The molecular weight excluding hydrogens is 432 g/mol. The quantitative estimate of drug-likeness (QED) is 0.441. The second-order valence-corrected chi connectivity index (χ2v) is 6.97. The second-order valence-electron chi connectivity index (χ2n) is 6.97. The van der Waals surface area contributed by atoms with Gasteiger partial charge in [0.05, 0.1) is 25.9 Å². The van der Waals surface area contributed by atoms with Crippen LogP contribution in [0.4, 0.5) is 8.78 Å². The first-order valence-corrected chi connectivity index (χ1v) is 9.84. The molecule has 0 fully saturated rings. The van der Waals surface area contributed by atoms with Crippen molar-refractivity contribution in [3.05, 3.63) is 83.8 Å². The van der Waals surface area contributed by atoms with Gasteiger partial charge in [-0.25, -0.2) is 8.78 Å². The minimum Gasteiger partial charge on any atom is -0.493 e. The van der Waals surface area contributed by atoms with Crippen LogP contribution in [0.2, 0.25) is 0 Å². The first kappa shape index (κ1) is 21.9. The first-order valence-electron chi connectivity index (χ1n) is 9.84. The Morgan fingerprint density at radius 1 is 0.939 bits per heavy atom. The van der Waals surface area contributed by atoms with E-state index in [-0.39, 0.29) is 17.9 Å². The zero-order valence-corrected chi connectivity index (χ0v) is 17.8. The van der Waals surface area contributed by atoms with Gasteiger partial charge in [0.2, 0.25) is 0 Å². The van der Waals surface area contributed by atoms with Crippen LogP contribution in [0.5, 0.6) is 23.0 Å². The van der Waals surface area contributed by atoms with E-state index in [1.165, 1.54) is 44.8 Å². The molecule has 0 spiro atoms. The standard InChI is InChI=1S/C24H19F2N3O4/c1-31-22-9-17-19(10-23(22)32-2)28-6-5-20(17)33-21-8-15(3-4-18(21)26)24(30)29-12-14-7-16(25)13-27-11-14/h3-11,13H,12H2,1-2H3,(H,29,30). The third-order valence-electron chi connectivity index (χ3n) is 4.83. The van der Waals surface area contributed by atoms with E-state index >= 15 is 0 Å². The number of ether oxygens (including phenoxy) is 3. The molecule has 0 aliphatic heterocycles. The fourth-order valence-corrected chi connectivity index (χ4v) is 3.21. The van der Waals surface area contributed by atoms with Crippen molar-refractivity contribution in [2.45, 2.75) is 6.54 Å². The number of amides is 1. The number of nitrogens with zero attached hydrogens (tertiary/aromatic N) is 2. The molecule has 2 heterocycles. The van der Waals surface area contributed by atoms with E-state index in [1.54, 1.807) is 18.2 Å². The summed E-state index contributed by atoms with van der Waals surface area (Å²) in [5.41, 5.74) is 1.23. The monoisotopic (exact) mass is 451 g/mol. The molecule has 0 aliphatic rings. The number of rotatable bonds is 7. The molecule has 0 unspecified atom stereocenters. The number of carbonyl (C=O) groups excluding carboxylic acids is 1. The minimum absolute atomic E-state index is 0.0633. The van der Waals surface area contributed by atoms with E-state index in [2.05, 4.69) is 15.3 Å². The maximum atomic E-state index is 14.5. The molecule has 0 saturated carbocycles. The Kier molecular flexibility index (Phi) is 6.30. The van der Waals surface area contributed by atoms with Gasteiger partial charge in [-0.15, -0.1) is 0 Å². The Hall–Kier alpha value is -4.27. The number of fused-ring (bicyclic) bond motifs is 1. The summed E-state index contributed by atoms with van der Waals surface area (Å²) >= 11 is 0. The summed E-state index contributed by atoms with van der Waals surface area (Å²) in [4.78, 5) is 20.6. The van der Waals surface area contributed by atoms with E-state index in [0.29, 0.717) is 33.7 Å². The molecule has 0 atom stereocenters. The molecule has 7 nitrogen and oxygen atoms in total. The number of benzene rings is 2. The SMILES string of the molecule is COc1cc2nccc(Oc3cc(C(=O)NCc4cncc(F)c4)ccc3F)c2cc1OC. The van der Waals surface area contributed by atoms with Crippen LogP contribution >= 0.6 is 0 Å². The van der Waals surface area contributed by atoms with Gasteiger partial charge in [0.15, 0.2) is 23.1 Å². The van der Waals surface area contributed by atoms with Crippen molar-refractivity contribution < 1.29 is 27.8 Å². The maximum Gasteiger partial charge on any atom is 0.251 e. The number of methoxy groups -OCH3 is 2. The molecule has 0 radical (unpaired) electrons. The molecular formula is C24H19F2N3O4. The Balaban J connectivity index is 1.59. The van der Waals surface area contributed by atoms with Crippen molar-refractivity contribution in [3.8, 4) is 23.0 Å². The van der Waals surface area contributed by atoms with Gasteiger partial charge < -0.3 is 19.5 Å². The predicted molar refractivity (Wildman–Crippen MR) is 117 cm³/mol. The predicted octanol–water partition coefficient (Wildman–Crippen LogP) is 4.65. The summed E-state index contributed by atoms with van der Waals surface area (Å²) < 4.78 is 44.2. The van der Waals surface area contributed by atoms with Crippen LogP contribution in [-0.4, -0.2) is 30.1 Å². The zero-order chi connectivity index (χ0) is 23.4. The average molecular weight is 451 g/mol. The molecule has 2 aromatic heterocycles. The van der Waals surface area contributed by atoms with Crippen molar-refractivity contribution in [1.29, 1.82) is 0 Å². The van der Waals surface area contributed by atoms with Crippen LogP contribution in [-0.2, 0) is 6.54 Å². The summed E-state index contributed by atoms with van der Waals surface area (Å²) in [7, 11) is 3.02. The normalized spacial score (nSPS) is 10.7. The number of aromatic nitrogens is 2. The highest BCUT2D eigenvalue weighted by molar-refractivity contribution is 5.94. The van der Waals surface area contributed by atoms with Crippen molar-refractivity contribution >= 4 is 16.8 Å². The van der Waals surface area contributed by atoms with Crippen molar-refractivity contribution in [1.82, 2.24) is 15.3 Å². The number of nitrogens with one attached hydrogen (secondary N) is 1. The Labute approximate surface area is 188 Å². The van der Waals surface area contributed by atoms with Gasteiger partial charge >= 0.3 is 0 Å². The van der Waals surface area contributed by atoms with E-state index < -0.39 is 17.5 Å². The lowest BCUT2D eigenvalue weighted by molar-refractivity contribution is 0.0950. The highest BCUT2D eigenvalue weighted by Gasteiger charge is 2.15. The molecule has 168 valence electrons. The summed E-state index contributed by atoms with van der Waals surface area (Å²) in [6, 6.07) is 9.98. The molecule has 33 heavy (non-hydrogen) atoms. The maximum absolute atomic E-state index is 14.5. The van der Waals surface area contributed by atoms with Crippen LogP contribution in [0.1, 0.15) is 15.9 Å². The molecule has 9 heteroatoms. The molecule has 0 aliphatic carbocycles. The summed E-state index contributed by atoms with van der Waals surface area (Å²) in [6.45, 7) is 0.0633. The lowest BCUT2D eigenvalue weighted by Crippen LogP contribution is -2.23. The van der Waals surface area contributed by atoms with Crippen molar-refractivity contribution in [2.75, 3.05) is 14.2 Å². The number of hydrogen-bond donors (Lipinski definition) is 1. The highest BCUT2D eigenvalue weighted by Crippen LogP contribution is 2.37. The fraction of sp³-hybridized carbons (Fsp3) is 0.125. The lowest BCUT2D eigenvalue weighted by Gasteiger charge is -2.13. The third kappa shape index (κ3) is 4.82. The van der Waals surface area contributed by atoms with Crippen molar-refractivity contribution in [2.24, 2.45) is 0 Å². The summed E-state index contributed by atoms with van der Waals surface area (Å²) in [5.74, 6) is -0.489. The Bertz CT molecular complexity index is 1330. The van der Waals surface area contributed by atoms with E-state index in [1.807, 2.05) is 0 Å². The third-order valence-corrected chi connectivity index (χ3v) is 4.83. The van der Waals surface area contributed by atoms with Gasteiger partial charge in [-0.1, -0.05) is 0 Å². The molecule has 0 bridgehead atoms. The number of halogens is 2. The minimum atomic E-state index is -0.647. The summed E-state index contributed by atoms with van der Waals surface area (Å²) in [6.07, 6.45) is 4.04. The lowest BCUT2D eigenvalue weighted by atomic mass is 10.1. The van der Waals surface area contributed by atoms with Crippen LogP contribution < -0.4 is 19.5 Å². The van der Waals surface area contributed by atoms with Crippen molar-refractivity contribution in [3.63, 3.8) is 0 Å². The Morgan fingerprint density at radius 3 is 2.48 bits per heavy atom. The summed E-state index contributed by atoms with van der Waals surface area (Å²) in [5, 5.41) is 3.22. The number of pyridine rings is 2. The van der Waals surface area contributed by atoms with E-state index in [9.17, 15) is 13.6 Å². The molecule has 1 N–H and O–H groups in total. The topological polar surface area (TPSA) is 82.6 Å². The van der Waals surface area contributed by atoms with Gasteiger partial charge in [0, 0.05) is 36.0 Å². The highest BCUT2D eigenvalue weighted by atomic mass is 19.1. The largest absolute Gasteiger partial charge is 0.493 e. The number of carbonyl (C=O) groups is 1. The smallest absolute Gasteiger partial charge is 0.251 e. The van der Waals surface area contributed by atoms with E-state index in [4.69, 9.17) is 14.2 Å². The molecule has 2 aromatic carbocycles. The second kappa shape index (κ2) is 9.47. The van der Waals surface area contributed by atoms with Crippen LogP contribution in [0.25, 0.3) is 10.9 Å². The van der Waals surface area contributed by atoms with Gasteiger partial charge in [-0.2, -0.15) is 0 Å². The Morgan fingerprint density at radius 2 is 1.73 bits per heavy atom. The van der Waals surface area contributed by atoms with Gasteiger partial charge in [0.25, 0.3) is 5.91 Å². The van der Waals surface area contributed by atoms with Crippen LogP contribution in [0.3, 0.4) is 0 Å². The van der Waals surface area contributed by atoms with Gasteiger partial charge in [-0.05, 0) is 42.0 Å². The van der Waals surface area contributed by atoms with Crippen LogP contribution in [0.15, 0.2) is 61.1 Å². The average Bonchev–Trinajstić information content (AvgIpc) is 2.83. The van der Waals surface area contributed by atoms with Crippen LogP contribution in [0, 0.1) is 11.6 Å². The first-order chi connectivity index (χ1) is 16.0. The van der Waals surface area contributed by atoms with E-state index in [0.717, 1.165) is 12.3 Å². The van der Waals surface area contributed by atoms with Gasteiger partial charge in [0.1, 0.15) is 11.6 Å². The fourth-order valence-electron chi connectivity index (χ4n) is 3.21. The molecule has 4 rings (SSSR count). The number of hydrogen-bond acceptors (Lipinski definition) is 6. The molecule has 1 amide bonds. The molecule has 4 aromatic rings. The van der Waals surface area contributed by atoms with Gasteiger partial charge in [-0.3, -0.25) is 14.8 Å².